The number of likely N-dealkylation sites (tertiary alicyclic amines) is 1. The highest BCUT2D eigenvalue weighted by molar-refractivity contribution is 5.77. The Hall–Kier alpha value is -3.34. The lowest BCUT2D eigenvalue weighted by molar-refractivity contribution is -0.137. The van der Waals surface area contributed by atoms with E-state index in [0.29, 0.717) is 32.5 Å². The molecule has 1 N–H and O–H groups in total. The summed E-state index contributed by atoms with van der Waals surface area (Å²) in [5, 5.41) is 5.53. The number of nitroso groups, excluding NO2 is 1. The summed E-state index contributed by atoms with van der Waals surface area (Å²) in [6.07, 6.45) is -3.62. The second-order valence-electron chi connectivity index (χ2n) is 9.07. The number of ether oxygens (including phenoxy) is 1. The maximum atomic E-state index is 13.2. The number of nitrogens with zero attached hydrogens (tertiary/aromatic N) is 4. The first-order chi connectivity index (χ1) is 17.3. The molecule has 0 aromatic heterocycles. The lowest BCUT2D eigenvalue weighted by Crippen LogP contribution is -2.47. The largest absolute Gasteiger partial charge is 0.497 e. The second-order valence-corrected chi connectivity index (χ2v) is 9.07. The summed E-state index contributed by atoms with van der Waals surface area (Å²) in [5.41, 5.74) is -0.299. The fourth-order valence-electron chi connectivity index (χ4n) is 4.71. The molecule has 194 valence electrons. The van der Waals surface area contributed by atoms with Gasteiger partial charge in [0.1, 0.15) is 11.4 Å². The van der Waals surface area contributed by atoms with E-state index in [0.717, 1.165) is 49.7 Å². The third-order valence-electron chi connectivity index (χ3n) is 6.76. The molecule has 36 heavy (non-hydrogen) atoms. The van der Waals surface area contributed by atoms with Crippen molar-refractivity contribution in [1.82, 2.24) is 9.80 Å². The van der Waals surface area contributed by atoms with E-state index in [1.165, 1.54) is 6.07 Å². The van der Waals surface area contributed by atoms with Crippen molar-refractivity contribution < 1.29 is 22.7 Å². The third-order valence-corrected chi connectivity index (χ3v) is 6.76. The van der Waals surface area contributed by atoms with Gasteiger partial charge in [-0.05, 0) is 54.1 Å². The molecule has 0 saturated carbocycles. The number of piperazine rings is 1. The number of carbonyl (C=O) groups excluding carboxylic acids is 1. The van der Waals surface area contributed by atoms with Crippen LogP contribution in [0.25, 0.3) is 0 Å². The third kappa shape index (κ3) is 6.26. The highest BCUT2D eigenvalue weighted by atomic mass is 19.4. The molecular formula is C25H30F3N5O3. The van der Waals surface area contributed by atoms with Crippen molar-refractivity contribution in [2.24, 2.45) is 5.18 Å². The van der Waals surface area contributed by atoms with E-state index in [-0.39, 0.29) is 17.6 Å². The number of rotatable bonds is 8. The summed E-state index contributed by atoms with van der Waals surface area (Å²) in [7, 11) is 1.65. The van der Waals surface area contributed by atoms with Gasteiger partial charge in [0.2, 0.25) is 5.91 Å². The van der Waals surface area contributed by atoms with Crippen LogP contribution in [0.4, 0.5) is 30.2 Å². The minimum absolute atomic E-state index is 0.0494. The molecule has 4 rings (SSSR count). The summed E-state index contributed by atoms with van der Waals surface area (Å²) >= 11 is 0. The van der Waals surface area contributed by atoms with E-state index >= 15 is 0 Å². The molecular weight excluding hydrogens is 475 g/mol. The summed E-state index contributed by atoms with van der Waals surface area (Å²) in [6, 6.07) is 11.2. The van der Waals surface area contributed by atoms with Gasteiger partial charge in [0.05, 0.1) is 12.7 Å². The molecule has 2 fully saturated rings. The second kappa shape index (κ2) is 11.2. The van der Waals surface area contributed by atoms with Crippen molar-refractivity contribution in [3.05, 3.63) is 52.9 Å². The van der Waals surface area contributed by atoms with E-state index in [1.807, 2.05) is 24.3 Å². The molecule has 2 aromatic carbocycles. The first-order valence-corrected chi connectivity index (χ1v) is 12.0. The van der Waals surface area contributed by atoms with Crippen LogP contribution >= 0.6 is 0 Å². The maximum Gasteiger partial charge on any atom is 0.418 e. The minimum atomic E-state index is -4.67. The zero-order valence-corrected chi connectivity index (χ0v) is 20.1. The predicted octanol–water partition coefficient (Wildman–Crippen LogP) is 4.34. The van der Waals surface area contributed by atoms with Gasteiger partial charge in [-0.1, -0.05) is 0 Å². The Morgan fingerprint density at radius 1 is 1.08 bits per heavy atom. The molecule has 0 spiro atoms. The number of carbonyl (C=O) groups is 1. The molecule has 1 atom stereocenters. The van der Waals surface area contributed by atoms with Crippen LogP contribution in [-0.2, 0) is 11.0 Å². The van der Waals surface area contributed by atoms with Crippen LogP contribution in [0.2, 0.25) is 0 Å². The van der Waals surface area contributed by atoms with Gasteiger partial charge in [0, 0.05) is 69.7 Å². The lowest BCUT2D eigenvalue weighted by Gasteiger charge is -2.36. The summed E-state index contributed by atoms with van der Waals surface area (Å²) in [4.78, 5) is 29.8. The quantitative estimate of drug-likeness (QED) is 0.538. The number of hydrogen-bond acceptors (Lipinski definition) is 7. The van der Waals surface area contributed by atoms with Gasteiger partial charge in [-0.25, -0.2) is 0 Å². The van der Waals surface area contributed by atoms with Crippen molar-refractivity contribution in [2.45, 2.75) is 25.1 Å². The van der Waals surface area contributed by atoms with E-state index in [4.69, 9.17) is 4.74 Å². The minimum Gasteiger partial charge on any atom is -0.497 e. The van der Waals surface area contributed by atoms with Crippen LogP contribution in [0, 0.1) is 4.91 Å². The highest BCUT2D eigenvalue weighted by Crippen LogP contribution is 2.38. The molecule has 8 nitrogen and oxygen atoms in total. The molecule has 0 aliphatic carbocycles. The number of methoxy groups -OCH3 is 1. The first kappa shape index (κ1) is 25.7. The fourth-order valence-corrected chi connectivity index (χ4v) is 4.71. The number of alkyl halides is 3. The van der Waals surface area contributed by atoms with Gasteiger partial charge >= 0.3 is 6.18 Å². The summed E-state index contributed by atoms with van der Waals surface area (Å²) in [6.45, 7) is 5.18. The van der Waals surface area contributed by atoms with Gasteiger partial charge in [-0.3, -0.25) is 9.69 Å². The number of anilines is 2. The zero-order chi connectivity index (χ0) is 25.7. The topological polar surface area (TPSA) is 77.5 Å². The van der Waals surface area contributed by atoms with Gasteiger partial charge in [0.25, 0.3) is 0 Å². The number of nitrogens with one attached hydrogen (secondary N) is 1. The van der Waals surface area contributed by atoms with Gasteiger partial charge in [0.15, 0.2) is 0 Å². The Balaban J connectivity index is 1.21. The van der Waals surface area contributed by atoms with Crippen LogP contribution in [0.15, 0.2) is 47.6 Å². The zero-order valence-electron chi connectivity index (χ0n) is 20.1. The smallest absolute Gasteiger partial charge is 0.418 e. The van der Waals surface area contributed by atoms with Crippen molar-refractivity contribution in [1.29, 1.82) is 0 Å². The molecule has 2 heterocycles. The highest BCUT2D eigenvalue weighted by Gasteiger charge is 2.35. The number of hydrogen-bond donors (Lipinski definition) is 1. The van der Waals surface area contributed by atoms with Gasteiger partial charge in [-0.15, -0.1) is 4.91 Å². The first-order valence-electron chi connectivity index (χ1n) is 12.0. The molecule has 0 bridgehead atoms. The Bertz CT molecular complexity index is 1060. The number of halogens is 3. The van der Waals surface area contributed by atoms with Gasteiger partial charge < -0.3 is 19.9 Å². The Kier molecular flexibility index (Phi) is 7.97. The molecule has 2 saturated heterocycles. The van der Waals surface area contributed by atoms with Crippen LogP contribution in [0.3, 0.4) is 0 Å². The van der Waals surface area contributed by atoms with Crippen molar-refractivity contribution in [3.63, 3.8) is 0 Å². The van der Waals surface area contributed by atoms with E-state index in [9.17, 15) is 22.9 Å². The average Bonchev–Trinajstić information content (AvgIpc) is 3.35. The van der Waals surface area contributed by atoms with Crippen LogP contribution in [0.1, 0.15) is 18.4 Å². The SMILES string of the molecule is COc1ccc(N2CCN(CCC(=O)N3CC[C@H](Nc4ccc(N=O)c(C(F)(F)F)c4)C3)CC2)cc1. The van der Waals surface area contributed by atoms with E-state index in [1.54, 1.807) is 12.0 Å². The monoisotopic (exact) mass is 505 g/mol. The van der Waals surface area contributed by atoms with Crippen molar-refractivity contribution in [2.75, 3.05) is 63.1 Å². The molecule has 2 aliphatic heterocycles. The van der Waals surface area contributed by atoms with Crippen molar-refractivity contribution >= 4 is 23.0 Å². The van der Waals surface area contributed by atoms with Crippen LogP contribution in [-0.4, -0.2) is 74.7 Å². The molecule has 0 radical (unpaired) electrons. The Labute approximate surface area is 208 Å². The number of benzene rings is 2. The summed E-state index contributed by atoms with van der Waals surface area (Å²) in [5.74, 6) is 0.878. The van der Waals surface area contributed by atoms with E-state index < -0.39 is 17.4 Å². The Morgan fingerprint density at radius 3 is 2.44 bits per heavy atom. The predicted molar refractivity (Wildman–Crippen MR) is 132 cm³/mol. The molecule has 2 aromatic rings. The molecule has 11 heteroatoms. The standard InChI is InChI=1S/C25H30F3N5O3/c1-36-21-5-3-20(4-6-21)32-14-12-31(13-15-32)10-9-24(34)33-11-8-19(17-33)29-18-2-7-23(30-35)22(16-18)25(26,27)28/h2-7,16,19,29H,8-15,17H2,1H3/t19-/m0/s1. The lowest BCUT2D eigenvalue weighted by atomic mass is 10.1. The van der Waals surface area contributed by atoms with Crippen LogP contribution in [0.5, 0.6) is 5.75 Å². The summed E-state index contributed by atoms with van der Waals surface area (Å²) < 4.78 is 44.8. The normalized spacial score (nSPS) is 18.8. The van der Waals surface area contributed by atoms with Gasteiger partial charge in [-0.2, -0.15) is 13.2 Å². The fraction of sp³-hybridized carbons (Fsp3) is 0.480. The van der Waals surface area contributed by atoms with Crippen LogP contribution < -0.4 is 15.0 Å². The molecule has 1 amide bonds. The molecule has 2 aliphatic rings. The average molecular weight is 506 g/mol. The molecule has 0 unspecified atom stereocenters. The van der Waals surface area contributed by atoms with E-state index in [2.05, 4.69) is 20.3 Å². The Morgan fingerprint density at radius 2 is 1.81 bits per heavy atom. The van der Waals surface area contributed by atoms with Crippen molar-refractivity contribution in [3.8, 4) is 5.75 Å². The number of amides is 1. The maximum absolute atomic E-state index is 13.2.